The first kappa shape index (κ1) is 30.5. The van der Waals surface area contributed by atoms with Gasteiger partial charge in [-0.1, -0.05) is 150 Å². The van der Waals surface area contributed by atoms with Crippen LogP contribution in [0.2, 0.25) is 0 Å². The molecule has 4 fully saturated rings. The predicted octanol–water partition coefficient (Wildman–Crippen LogP) is 12.4. The van der Waals surface area contributed by atoms with Gasteiger partial charge in [0.25, 0.3) is 0 Å². The predicted molar refractivity (Wildman–Crippen MR) is 161 cm³/mol. The molecule has 0 heterocycles. The highest BCUT2D eigenvalue weighted by Gasteiger charge is 2.32. The second-order valence-corrected chi connectivity index (χ2v) is 14.9. The van der Waals surface area contributed by atoms with E-state index in [9.17, 15) is 0 Å². The second-order valence-electron chi connectivity index (χ2n) is 14.9. The molecule has 0 saturated heterocycles. The lowest BCUT2D eigenvalue weighted by molar-refractivity contribution is 0.123. The average Bonchev–Trinajstić information content (AvgIpc) is 2.81. The van der Waals surface area contributed by atoms with Crippen molar-refractivity contribution in [3.63, 3.8) is 0 Å². The van der Waals surface area contributed by atoms with Gasteiger partial charge in [-0.25, -0.2) is 0 Å². The van der Waals surface area contributed by atoms with E-state index in [1.54, 1.807) is 44.9 Å². The third-order valence-corrected chi connectivity index (χ3v) is 11.5. The van der Waals surface area contributed by atoms with Crippen molar-refractivity contribution in [1.82, 2.24) is 0 Å². The van der Waals surface area contributed by atoms with Gasteiger partial charge >= 0.3 is 0 Å². The summed E-state index contributed by atoms with van der Waals surface area (Å²) in [5.41, 5.74) is 0. The third kappa shape index (κ3) is 11.8. The Morgan fingerprint density at radius 2 is 0.528 bits per heavy atom. The molecule has 4 aliphatic rings. The molecule has 0 spiro atoms. The van der Waals surface area contributed by atoms with Crippen molar-refractivity contribution >= 4 is 0 Å². The van der Waals surface area contributed by atoms with Crippen molar-refractivity contribution in [2.45, 2.75) is 182 Å². The van der Waals surface area contributed by atoms with Gasteiger partial charge < -0.3 is 0 Å². The Hall–Kier alpha value is 0. The van der Waals surface area contributed by atoms with E-state index in [1.807, 2.05) is 0 Å². The molecule has 0 amide bonds. The second kappa shape index (κ2) is 17.6. The Morgan fingerprint density at radius 3 is 0.972 bits per heavy atom. The minimum absolute atomic E-state index is 0.982. The third-order valence-electron chi connectivity index (χ3n) is 11.5. The summed E-state index contributed by atoms with van der Waals surface area (Å²) in [7, 11) is 0. The minimum Gasteiger partial charge on any atom is -0.0625 e. The number of hydrogen-bond donors (Lipinski definition) is 0. The zero-order valence-corrected chi connectivity index (χ0v) is 25.6. The van der Waals surface area contributed by atoms with Crippen LogP contribution in [-0.4, -0.2) is 0 Å². The summed E-state index contributed by atoms with van der Waals surface area (Å²) in [6, 6.07) is 0. The Bertz CT molecular complexity index is 492. The maximum Gasteiger partial charge on any atom is -0.0383 e. The summed E-state index contributed by atoms with van der Waals surface area (Å²) in [4.78, 5) is 0. The molecule has 0 aromatic carbocycles. The van der Waals surface area contributed by atoms with Crippen LogP contribution in [0, 0.1) is 47.3 Å². The normalized spacial score (nSPS) is 38.8. The first-order valence-electron chi connectivity index (χ1n) is 17.5. The van der Waals surface area contributed by atoms with Crippen LogP contribution in [0.5, 0.6) is 0 Å². The molecule has 0 radical (unpaired) electrons. The summed E-state index contributed by atoms with van der Waals surface area (Å²) >= 11 is 0. The molecule has 0 aromatic rings. The largest absolute Gasteiger partial charge is 0.0625 e. The lowest BCUT2D eigenvalue weighted by Crippen LogP contribution is -2.28. The van der Waals surface area contributed by atoms with Gasteiger partial charge in [0, 0.05) is 0 Å². The summed E-state index contributed by atoms with van der Waals surface area (Å²) in [6.07, 6.45) is 36.5. The fourth-order valence-corrected chi connectivity index (χ4v) is 8.60. The molecule has 0 aliphatic heterocycles. The molecule has 0 heteroatoms. The number of rotatable bonds is 2. The van der Waals surface area contributed by atoms with Crippen LogP contribution >= 0.6 is 0 Å². The lowest BCUT2D eigenvalue weighted by Gasteiger charge is -2.39. The first-order chi connectivity index (χ1) is 17.5. The quantitative estimate of drug-likeness (QED) is 0.353. The molecular weight excluding hydrogens is 432 g/mol. The highest BCUT2D eigenvalue weighted by molar-refractivity contribution is 4.83. The van der Waals surface area contributed by atoms with Crippen molar-refractivity contribution in [2.24, 2.45) is 47.3 Å². The van der Waals surface area contributed by atoms with Gasteiger partial charge in [-0.15, -0.1) is 0 Å². The minimum atomic E-state index is 0.982. The average molecular weight is 501 g/mol. The van der Waals surface area contributed by atoms with Crippen molar-refractivity contribution < 1.29 is 0 Å². The Balaban J connectivity index is 0.000000338. The van der Waals surface area contributed by atoms with Gasteiger partial charge in [0.05, 0.1) is 0 Å². The molecule has 4 rings (SSSR count). The zero-order chi connectivity index (χ0) is 25.6. The van der Waals surface area contributed by atoms with E-state index >= 15 is 0 Å². The SMILES string of the molecule is CC1CCCCC(C2CCC(C)CCC(C3CCCCC(C)CC3)C2)CC1.CC1CCCCCCC1. The summed E-state index contributed by atoms with van der Waals surface area (Å²) in [5.74, 6) is 8.23. The highest BCUT2D eigenvalue weighted by Crippen LogP contribution is 2.44. The molecule has 4 saturated carbocycles. The van der Waals surface area contributed by atoms with Crippen molar-refractivity contribution in [3.05, 3.63) is 0 Å². The van der Waals surface area contributed by atoms with Gasteiger partial charge in [-0.05, 0) is 79.4 Å². The molecule has 0 nitrogen and oxygen atoms in total. The molecule has 0 N–H and O–H groups in total. The van der Waals surface area contributed by atoms with Gasteiger partial charge in [-0.3, -0.25) is 0 Å². The van der Waals surface area contributed by atoms with Crippen LogP contribution in [0.15, 0.2) is 0 Å². The summed E-state index contributed by atoms with van der Waals surface area (Å²) in [6.45, 7) is 9.98. The van der Waals surface area contributed by atoms with E-state index < -0.39 is 0 Å². The molecule has 6 unspecified atom stereocenters. The number of hydrogen-bond acceptors (Lipinski definition) is 0. The summed E-state index contributed by atoms with van der Waals surface area (Å²) < 4.78 is 0. The van der Waals surface area contributed by atoms with Crippen molar-refractivity contribution in [3.8, 4) is 0 Å². The molecule has 0 aromatic heterocycles. The first-order valence-corrected chi connectivity index (χ1v) is 17.5. The zero-order valence-electron chi connectivity index (χ0n) is 25.6. The Kier molecular flexibility index (Phi) is 14.9. The molecule has 6 atom stereocenters. The van der Waals surface area contributed by atoms with Crippen LogP contribution in [-0.2, 0) is 0 Å². The highest BCUT2D eigenvalue weighted by atomic mass is 14.4. The van der Waals surface area contributed by atoms with Crippen LogP contribution in [0.1, 0.15) is 182 Å². The van der Waals surface area contributed by atoms with E-state index in [4.69, 9.17) is 0 Å². The maximum absolute atomic E-state index is 2.56. The van der Waals surface area contributed by atoms with Gasteiger partial charge in [-0.2, -0.15) is 0 Å². The van der Waals surface area contributed by atoms with Gasteiger partial charge in [0.2, 0.25) is 0 Å². The van der Waals surface area contributed by atoms with E-state index in [0.717, 1.165) is 47.3 Å². The van der Waals surface area contributed by atoms with Crippen LogP contribution in [0.3, 0.4) is 0 Å². The fourth-order valence-electron chi connectivity index (χ4n) is 8.60. The maximum atomic E-state index is 2.56. The van der Waals surface area contributed by atoms with Crippen LogP contribution in [0.4, 0.5) is 0 Å². The van der Waals surface area contributed by atoms with Gasteiger partial charge in [0.15, 0.2) is 0 Å². The van der Waals surface area contributed by atoms with Crippen molar-refractivity contribution in [1.29, 1.82) is 0 Å². The standard InChI is InChI=1S/C27H50.C9H18/c1-21-8-4-6-10-24(16-12-21)26-18-14-23(3)15-19-27(20-26)25-11-7-5-9-22(2)13-17-25;1-9-7-5-3-2-4-6-8-9/h21-27H,4-20H2,1-3H3;9H,2-8H2,1H3. The smallest absolute Gasteiger partial charge is 0.0383 e. The monoisotopic (exact) mass is 501 g/mol. The lowest BCUT2D eigenvalue weighted by atomic mass is 9.67. The molecule has 4 aliphatic carbocycles. The molecule has 212 valence electrons. The van der Waals surface area contributed by atoms with E-state index in [1.165, 1.54) is 109 Å². The van der Waals surface area contributed by atoms with Crippen LogP contribution < -0.4 is 0 Å². The van der Waals surface area contributed by atoms with E-state index in [-0.39, 0.29) is 0 Å². The fraction of sp³-hybridized carbons (Fsp3) is 1.00. The Labute approximate surface area is 228 Å². The summed E-state index contributed by atoms with van der Waals surface area (Å²) in [5, 5.41) is 0. The molecular formula is C36H68. The molecule has 0 bridgehead atoms. The van der Waals surface area contributed by atoms with Crippen LogP contribution in [0.25, 0.3) is 0 Å². The Morgan fingerprint density at radius 1 is 0.250 bits per heavy atom. The van der Waals surface area contributed by atoms with Crippen molar-refractivity contribution in [2.75, 3.05) is 0 Å². The molecule has 36 heavy (non-hydrogen) atoms. The van der Waals surface area contributed by atoms with E-state index in [2.05, 4.69) is 27.7 Å². The topological polar surface area (TPSA) is 0 Å². The van der Waals surface area contributed by atoms with Gasteiger partial charge in [0.1, 0.15) is 0 Å². The van der Waals surface area contributed by atoms with E-state index in [0.29, 0.717) is 0 Å².